The molecule has 2 aromatic heterocycles. The molecule has 3 heterocycles. The molecule has 0 bridgehead atoms. The smallest absolute Gasteiger partial charge is 0.142 e. The van der Waals surface area contributed by atoms with Gasteiger partial charge in [-0.15, -0.1) is 11.3 Å². The first kappa shape index (κ1) is 14.6. The molecule has 0 spiro atoms. The van der Waals surface area contributed by atoms with E-state index in [4.69, 9.17) is 0 Å². The third-order valence-corrected chi connectivity index (χ3v) is 5.00. The lowest BCUT2D eigenvalue weighted by Crippen LogP contribution is -2.46. The molecule has 2 unspecified atom stereocenters. The second kappa shape index (κ2) is 6.64. The molecule has 2 aromatic rings. The van der Waals surface area contributed by atoms with Crippen molar-refractivity contribution in [3.8, 4) is 10.7 Å². The Morgan fingerprint density at radius 2 is 2.33 bits per heavy atom. The first-order chi connectivity index (χ1) is 10.2. The average molecular weight is 302 g/mol. The Bertz CT molecular complexity index is 569. The maximum atomic E-state index is 4.69. The predicted molar refractivity (Wildman–Crippen MR) is 87.3 cm³/mol. The fourth-order valence-corrected chi connectivity index (χ4v) is 3.68. The van der Waals surface area contributed by atoms with Crippen LogP contribution in [0.5, 0.6) is 0 Å². The van der Waals surface area contributed by atoms with Crippen molar-refractivity contribution in [1.82, 2.24) is 20.2 Å². The molecule has 4 nitrogen and oxygen atoms in total. The lowest BCUT2D eigenvalue weighted by atomic mass is 9.94. The van der Waals surface area contributed by atoms with Gasteiger partial charge in [0, 0.05) is 30.7 Å². The molecular formula is C16H22N4S. The number of hydrogen-bond donors (Lipinski definition) is 1. The molecule has 112 valence electrons. The SMILES string of the molecule is CC1CN(C)CCC1NCc1csc(-c2ccccn2)n1. The summed E-state index contributed by atoms with van der Waals surface area (Å²) in [4.78, 5) is 11.5. The Morgan fingerprint density at radius 3 is 3.10 bits per heavy atom. The van der Waals surface area contributed by atoms with Crippen LogP contribution >= 0.6 is 11.3 Å². The number of likely N-dealkylation sites (tertiary alicyclic amines) is 1. The fourth-order valence-electron chi connectivity index (χ4n) is 2.89. The number of nitrogens with one attached hydrogen (secondary N) is 1. The summed E-state index contributed by atoms with van der Waals surface area (Å²) >= 11 is 1.67. The van der Waals surface area contributed by atoms with Crippen LogP contribution in [0.4, 0.5) is 0 Å². The van der Waals surface area contributed by atoms with Crippen molar-refractivity contribution in [2.45, 2.75) is 25.9 Å². The number of aromatic nitrogens is 2. The van der Waals surface area contributed by atoms with Gasteiger partial charge in [0.15, 0.2) is 0 Å². The van der Waals surface area contributed by atoms with Gasteiger partial charge in [-0.25, -0.2) is 4.98 Å². The summed E-state index contributed by atoms with van der Waals surface area (Å²) in [7, 11) is 2.20. The van der Waals surface area contributed by atoms with Gasteiger partial charge in [0.25, 0.3) is 0 Å². The summed E-state index contributed by atoms with van der Waals surface area (Å²) in [6, 6.07) is 6.54. The lowest BCUT2D eigenvalue weighted by Gasteiger charge is -2.35. The first-order valence-corrected chi connectivity index (χ1v) is 8.38. The molecule has 1 aliphatic heterocycles. The summed E-state index contributed by atoms with van der Waals surface area (Å²) in [5.74, 6) is 0.692. The van der Waals surface area contributed by atoms with E-state index >= 15 is 0 Å². The van der Waals surface area contributed by atoms with Crippen LogP contribution < -0.4 is 5.32 Å². The van der Waals surface area contributed by atoms with Gasteiger partial charge in [-0.05, 0) is 38.1 Å². The minimum Gasteiger partial charge on any atom is -0.308 e. The van der Waals surface area contributed by atoms with E-state index < -0.39 is 0 Å². The molecule has 1 fully saturated rings. The van der Waals surface area contributed by atoms with Crippen LogP contribution in [0, 0.1) is 5.92 Å². The zero-order chi connectivity index (χ0) is 14.7. The summed E-state index contributed by atoms with van der Waals surface area (Å²) in [6.45, 7) is 5.53. The Morgan fingerprint density at radius 1 is 1.43 bits per heavy atom. The van der Waals surface area contributed by atoms with Crippen LogP contribution in [0.25, 0.3) is 10.7 Å². The summed E-state index contributed by atoms with van der Waals surface area (Å²) in [6.07, 6.45) is 3.03. The van der Waals surface area contributed by atoms with E-state index in [1.165, 1.54) is 19.5 Å². The predicted octanol–water partition coefficient (Wildman–Crippen LogP) is 2.63. The third-order valence-electron chi connectivity index (χ3n) is 4.09. The Balaban J connectivity index is 1.58. The van der Waals surface area contributed by atoms with Crippen molar-refractivity contribution in [3.63, 3.8) is 0 Å². The highest BCUT2D eigenvalue weighted by molar-refractivity contribution is 7.13. The first-order valence-electron chi connectivity index (χ1n) is 7.50. The minimum absolute atomic E-state index is 0.598. The zero-order valence-electron chi connectivity index (χ0n) is 12.6. The van der Waals surface area contributed by atoms with E-state index in [0.717, 1.165) is 22.9 Å². The van der Waals surface area contributed by atoms with Crippen molar-refractivity contribution < 1.29 is 0 Å². The van der Waals surface area contributed by atoms with Crippen LogP contribution in [0.2, 0.25) is 0 Å². The van der Waals surface area contributed by atoms with Crippen molar-refractivity contribution >= 4 is 11.3 Å². The molecule has 0 radical (unpaired) electrons. The molecule has 1 N–H and O–H groups in total. The number of hydrogen-bond acceptors (Lipinski definition) is 5. The van der Waals surface area contributed by atoms with E-state index in [1.54, 1.807) is 11.3 Å². The van der Waals surface area contributed by atoms with Gasteiger partial charge in [-0.3, -0.25) is 4.98 Å². The maximum Gasteiger partial charge on any atom is 0.142 e. The summed E-state index contributed by atoms with van der Waals surface area (Å²) in [5.41, 5.74) is 2.08. The topological polar surface area (TPSA) is 41.0 Å². The van der Waals surface area contributed by atoms with Crippen molar-refractivity contribution in [1.29, 1.82) is 0 Å². The largest absolute Gasteiger partial charge is 0.308 e. The van der Waals surface area contributed by atoms with Crippen LogP contribution in [0.1, 0.15) is 19.0 Å². The average Bonchev–Trinajstić information content (AvgIpc) is 2.96. The number of piperidine rings is 1. The van der Waals surface area contributed by atoms with Gasteiger partial charge in [0.2, 0.25) is 0 Å². The monoisotopic (exact) mass is 302 g/mol. The molecule has 21 heavy (non-hydrogen) atoms. The highest BCUT2D eigenvalue weighted by Crippen LogP contribution is 2.22. The molecule has 1 saturated heterocycles. The molecule has 3 rings (SSSR count). The normalized spacial score (nSPS) is 23.3. The van der Waals surface area contributed by atoms with E-state index in [0.29, 0.717) is 12.0 Å². The van der Waals surface area contributed by atoms with Crippen molar-refractivity contribution in [2.75, 3.05) is 20.1 Å². The van der Waals surface area contributed by atoms with Crippen molar-refractivity contribution in [2.24, 2.45) is 5.92 Å². The number of rotatable bonds is 4. The second-order valence-electron chi connectivity index (χ2n) is 5.87. The van der Waals surface area contributed by atoms with Crippen LogP contribution in [-0.4, -0.2) is 41.0 Å². The molecule has 0 amide bonds. The number of nitrogens with zero attached hydrogens (tertiary/aromatic N) is 3. The number of thiazole rings is 1. The van der Waals surface area contributed by atoms with Gasteiger partial charge >= 0.3 is 0 Å². The molecular weight excluding hydrogens is 280 g/mol. The van der Waals surface area contributed by atoms with E-state index in [9.17, 15) is 0 Å². The fraction of sp³-hybridized carbons (Fsp3) is 0.500. The van der Waals surface area contributed by atoms with Gasteiger partial charge in [-0.2, -0.15) is 0 Å². The highest BCUT2D eigenvalue weighted by atomic mass is 32.1. The minimum atomic E-state index is 0.598. The molecule has 1 aliphatic rings. The van der Waals surface area contributed by atoms with Crippen LogP contribution in [-0.2, 0) is 6.54 Å². The molecule has 5 heteroatoms. The molecule has 0 aromatic carbocycles. The van der Waals surface area contributed by atoms with E-state index in [-0.39, 0.29) is 0 Å². The second-order valence-corrected chi connectivity index (χ2v) is 6.73. The Labute approximate surface area is 130 Å². The standard InChI is InChI=1S/C16H22N4S/c1-12-10-20(2)8-6-14(12)18-9-13-11-21-16(19-13)15-5-3-4-7-17-15/h3-5,7,11-12,14,18H,6,8-10H2,1-2H3. The lowest BCUT2D eigenvalue weighted by molar-refractivity contribution is 0.174. The third kappa shape index (κ3) is 3.67. The van der Waals surface area contributed by atoms with Gasteiger partial charge in [0.1, 0.15) is 5.01 Å². The van der Waals surface area contributed by atoms with Gasteiger partial charge < -0.3 is 10.2 Å². The van der Waals surface area contributed by atoms with Gasteiger partial charge in [0.05, 0.1) is 11.4 Å². The summed E-state index contributed by atoms with van der Waals surface area (Å²) < 4.78 is 0. The van der Waals surface area contributed by atoms with E-state index in [1.807, 2.05) is 24.4 Å². The Hall–Kier alpha value is -1.30. The van der Waals surface area contributed by atoms with E-state index in [2.05, 4.69) is 39.5 Å². The molecule has 0 aliphatic carbocycles. The van der Waals surface area contributed by atoms with Crippen LogP contribution in [0.15, 0.2) is 29.8 Å². The van der Waals surface area contributed by atoms with Crippen molar-refractivity contribution in [3.05, 3.63) is 35.5 Å². The number of pyridine rings is 1. The summed E-state index contributed by atoms with van der Waals surface area (Å²) in [5, 5.41) is 6.81. The quantitative estimate of drug-likeness (QED) is 0.942. The zero-order valence-corrected chi connectivity index (χ0v) is 13.4. The highest BCUT2D eigenvalue weighted by Gasteiger charge is 2.23. The molecule has 0 saturated carbocycles. The molecule has 2 atom stereocenters. The Kier molecular flexibility index (Phi) is 4.63. The van der Waals surface area contributed by atoms with Gasteiger partial charge in [-0.1, -0.05) is 13.0 Å². The maximum absolute atomic E-state index is 4.69. The van der Waals surface area contributed by atoms with Crippen LogP contribution in [0.3, 0.4) is 0 Å².